The van der Waals surface area contributed by atoms with Crippen molar-refractivity contribution in [3.05, 3.63) is 34.5 Å². The highest BCUT2D eigenvalue weighted by Gasteiger charge is 2.02. The van der Waals surface area contributed by atoms with E-state index in [0.717, 1.165) is 22.3 Å². The largest absolute Gasteiger partial charge is 0.478 e. The summed E-state index contributed by atoms with van der Waals surface area (Å²) in [5.41, 5.74) is 0.736. The molecule has 0 atom stereocenters. The van der Waals surface area contributed by atoms with E-state index in [1.807, 2.05) is 0 Å². The first-order chi connectivity index (χ1) is 7.49. The number of aromatic nitrogens is 1. The van der Waals surface area contributed by atoms with Crippen molar-refractivity contribution in [3.63, 3.8) is 0 Å². The number of anilines is 1. The molecule has 0 saturated carbocycles. The van der Waals surface area contributed by atoms with Gasteiger partial charge in [0.05, 0.1) is 5.69 Å². The van der Waals surface area contributed by atoms with Crippen LogP contribution in [0.1, 0.15) is 5.69 Å². The maximum Gasteiger partial charge on any atom is 0.328 e. The summed E-state index contributed by atoms with van der Waals surface area (Å²) in [7, 11) is 0. The highest BCUT2D eigenvalue weighted by molar-refractivity contribution is 9.10. The van der Waals surface area contributed by atoms with E-state index in [1.165, 1.54) is 0 Å². The predicted octanol–water partition coefficient (Wildman–Crippen LogP) is 1.73. The zero-order valence-electron chi connectivity index (χ0n) is 8.40. The second-order valence-corrected chi connectivity index (χ2v) is 3.78. The Morgan fingerprint density at radius 2 is 2.12 bits per heavy atom. The minimum Gasteiger partial charge on any atom is -0.478 e. The molecule has 0 aromatic carbocycles. The van der Waals surface area contributed by atoms with Crippen LogP contribution in [0.4, 0.5) is 5.82 Å². The number of carboxylic acid groups (broad SMARTS) is 1. The molecular formula is C10H9BrN2O3. The minimum absolute atomic E-state index is 0.376. The number of nitrogens with zero attached hydrogens (tertiary/aromatic N) is 1. The maximum absolute atomic E-state index is 11.2. The number of carboxylic acids is 1. The van der Waals surface area contributed by atoms with Gasteiger partial charge < -0.3 is 10.4 Å². The number of carbonyl (C=O) groups is 2. The molecule has 0 aliphatic heterocycles. The zero-order valence-corrected chi connectivity index (χ0v) is 9.98. The van der Waals surface area contributed by atoms with Gasteiger partial charge >= 0.3 is 5.97 Å². The van der Waals surface area contributed by atoms with Crippen LogP contribution in [0.25, 0.3) is 0 Å². The highest BCUT2D eigenvalue weighted by atomic mass is 79.9. The number of hydrogen-bond acceptors (Lipinski definition) is 3. The molecule has 0 bridgehead atoms. The van der Waals surface area contributed by atoms with Crippen molar-refractivity contribution >= 4 is 33.6 Å². The van der Waals surface area contributed by atoms with E-state index in [-0.39, 0.29) is 0 Å². The van der Waals surface area contributed by atoms with Crippen LogP contribution in [-0.2, 0) is 9.59 Å². The van der Waals surface area contributed by atoms with E-state index in [2.05, 4.69) is 26.2 Å². The lowest BCUT2D eigenvalue weighted by molar-refractivity contribution is -0.131. The van der Waals surface area contributed by atoms with Gasteiger partial charge in [0.2, 0.25) is 5.91 Å². The molecule has 2 N–H and O–H groups in total. The van der Waals surface area contributed by atoms with E-state index in [0.29, 0.717) is 5.82 Å². The van der Waals surface area contributed by atoms with E-state index in [4.69, 9.17) is 5.11 Å². The van der Waals surface area contributed by atoms with Crippen molar-refractivity contribution < 1.29 is 14.7 Å². The van der Waals surface area contributed by atoms with E-state index in [1.54, 1.807) is 19.1 Å². The molecule has 1 aromatic heterocycles. The molecule has 6 heteroatoms. The van der Waals surface area contributed by atoms with Gasteiger partial charge in [-0.05, 0) is 35.0 Å². The summed E-state index contributed by atoms with van der Waals surface area (Å²) < 4.78 is 0.839. The molecule has 1 amide bonds. The number of nitrogens with one attached hydrogen (secondary N) is 1. The fraction of sp³-hybridized carbons (Fsp3) is 0.100. The summed E-state index contributed by atoms with van der Waals surface area (Å²) in [5, 5.41) is 10.8. The third-order valence-electron chi connectivity index (χ3n) is 1.65. The molecule has 0 saturated heterocycles. The molecule has 0 spiro atoms. The molecule has 1 rings (SSSR count). The Labute approximate surface area is 100 Å². The minimum atomic E-state index is -1.17. The molecule has 5 nitrogen and oxygen atoms in total. The number of carbonyl (C=O) groups excluding carboxylic acids is 1. The number of hydrogen-bond donors (Lipinski definition) is 2. The van der Waals surface area contributed by atoms with Crippen molar-refractivity contribution in [2.24, 2.45) is 0 Å². The van der Waals surface area contributed by atoms with Crippen LogP contribution in [0.3, 0.4) is 0 Å². The third kappa shape index (κ3) is 3.82. The topological polar surface area (TPSA) is 79.3 Å². The van der Waals surface area contributed by atoms with Crippen LogP contribution in [0.5, 0.6) is 0 Å². The number of amides is 1. The number of aryl methyl sites for hydroxylation is 1. The van der Waals surface area contributed by atoms with Crippen molar-refractivity contribution in [1.29, 1.82) is 0 Å². The SMILES string of the molecule is Cc1nc(NC(=O)C=CC(=O)O)ccc1Br. The Morgan fingerprint density at radius 1 is 1.44 bits per heavy atom. The monoisotopic (exact) mass is 284 g/mol. The molecule has 0 aliphatic carbocycles. The van der Waals surface area contributed by atoms with Gasteiger partial charge in [0.1, 0.15) is 5.82 Å². The summed E-state index contributed by atoms with van der Waals surface area (Å²) in [6, 6.07) is 3.36. The quantitative estimate of drug-likeness (QED) is 0.829. The first-order valence-corrected chi connectivity index (χ1v) is 5.13. The molecule has 16 heavy (non-hydrogen) atoms. The van der Waals surface area contributed by atoms with Gasteiger partial charge in [-0.1, -0.05) is 0 Å². The van der Waals surface area contributed by atoms with Crippen molar-refractivity contribution in [1.82, 2.24) is 4.98 Å². The molecular weight excluding hydrogens is 276 g/mol. The number of rotatable bonds is 3. The fourth-order valence-corrected chi connectivity index (χ4v) is 1.15. The van der Waals surface area contributed by atoms with Crippen molar-refractivity contribution in [2.45, 2.75) is 6.92 Å². The Morgan fingerprint density at radius 3 is 2.69 bits per heavy atom. The molecule has 0 aliphatic rings. The molecule has 0 unspecified atom stereocenters. The van der Waals surface area contributed by atoms with Crippen LogP contribution >= 0.6 is 15.9 Å². The number of aliphatic carboxylic acids is 1. The van der Waals surface area contributed by atoms with Crippen LogP contribution in [0.15, 0.2) is 28.8 Å². The maximum atomic E-state index is 11.2. The van der Waals surface area contributed by atoms with Gasteiger partial charge in [-0.2, -0.15) is 0 Å². The van der Waals surface area contributed by atoms with Crippen molar-refractivity contribution in [2.75, 3.05) is 5.32 Å². The lowest BCUT2D eigenvalue weighted by atomic mass is 10.3. The van der Waals surface area contributed by atoms with Crippen molar-refractivity contribution in [3.8, 4) is 0 Å². The summed E-state index contributed by atoms with van der Waals surface area (Å²) in [4.78, 5) is 25.4. The second-order valence-electron chi connectivity index (χ2n) is 2.92. The van der Waals surface area contributed by atoms with Gasteiger partial charge in [-0.15, -0.1) is 0 Å². The number of halogens is 1. The van der Waals surface area contributed by atoms with E-state index >= 15 is 0 Å². The smallest absolute Gasteiger partial charge is 0.328 e. The summed E-state index contributed by atoms with van der Waals surface area (Å²) >= 11 is 3.28. The lowest BCUT2D eigenvalue weighted by Crippen LogP contribution is -2.10. The van der Waals surface area contributed by atoms with E-state index in [9.17, 15) is 9.59 Å². The normalized spacial score (nSPS) is 10.4. The number of pyridine rings is 1. The van der Waals surface area contributed by atoms with Crippen LogP contribution in [-0.4, -0.2) is 22.0 Å². The van der Waals surface area contributed by atoms with Gasteiger partial charge in [0, 0.05) is 16.6 Å². The molecule has 84 valence electrons. The molecule has 0 fully saturated rings. The summed E-state index contributed by atoms with van der Waals surface area (Å²) in [5.74, 6) is -1.33. The fourth-order valence-electron chi connectivity index (χ4n) is 0.929. The molecule has 1 aromatic rings. The highest BCUT2D eigenvalue weighted by Crippen LogP contribution is 2.15. The summed E-state index contributed by atoms with van der Waals surface area (Å²) in [6.07, 6.45) is 1.70. The Bertz CT molecular complexity index is 457. The molecule has 1 heterocycles. The van der Waals surface area contributed by atoms with Gasteiger partial charge in [-0.25, -0.2) is 9.78 Å². The third-order valence-corrected chi connectivity index (χ3v) is 2.49. The van der Waals surface area contributed by atoms with Gasteiger partial charge in [0.15, 0.2) is 0 Å². The standard InChI is InChI=1S/C10H9BrN2O3/c1-6-7(11)2-3-8(12-6)13-9(14)4-5-10(15)16/h2-5H,1H3,(H,15,16)(H,12,13,14). The van der Waals surface area contributed by atoms with Gasteiger partial charge in [0.25, 0.3) is 0 Å². The first-order valence-electron chi connectivity index (χ1n) is 4.34. The Balaban J connectivity index is 2.70. The average molecular weight is 285 g/mol. The molecule has 0 radical (unpaired) electrons. The van der Waals surface area contributed by atoms with Crippen LogP contribution in [0, 0.1) is 6.92 Å². The van der Waals surface area contributed by atoms with Crippen LogP contribution < -0.4 is 5.32 Å². The van der Waals surface area contributed by atoms with Gasteiger partial charge in [-0.3, -0.25) is 4.79 Å². The predicted molar refractivity (Wildman–Crippen MR) is 62.1 cm³/mol. The first kappa shape index (κ1) is 12.4. The zero-order chi connectivity index (χ0) is 12.1. The Hall–Kier alpha value is -1.69. The summed E-state index contributed by atoms with van der Waals surface area (Å²) in [6.45, 7) is 1.78. The van der Waals surface area contributed by atoms with Crippen LogP contribution in [0.2, 0.25) is 0 Å². The lowest BCUT2D eigenvalue weighted by Gasteiger charge is -2.03. The second kappa shape index (κ2) is 5.41. The average Bonchev–Trinajstić information content (AvgIpc) is 2.21. The van der Waals surface area contributed by atoms with E-state index < -0.39 is 11.9 Å². The Kier molecular flexibility index (Phi) is 4.19.